The molecule has 0 aliphatic rings. The third-order valence-electron chi connectivity index (χ3n) is 2.67. The topological polar surface area (TPSA) is 49.3 Å². The minimum absolute atomic E-state index is 0.271. The van der Waals surface area contributed by atoms with Gasteiger partial charge in [-0.05, 0) is 64.8 Å². The molecule has 19 heavy (non-hydrogen) atoms. The second kappa shape index (κ2) is 5.63. The molecule has 0 saturated heterocycles. The summed E-state index contributed by atoms with van der Waals surface area (Å²) in [6, 6.07) is 10.4. The van der Waals surface area contributed by atoms with Crippen LogP contribution in [-0.4, -0.2) is 11.1 Å². The lowest BCUT2D eigenvalue weighted by Gasteiger charge is -2.12. The van der Waals surface area contributed by atoms with Crippen molar-refractivity contribution in [3.8, 4) is 0 Å². The average Bonchev–Trinajstić information content (AvgIpc) is 2.36. The number of carboxylic acids is 1. The Balaban J connectivity index is 2.33. The summed E-state index contributed by atoms with van der Waals surface area (Å²) in [5.74, 6) is -0.932. The van der Waals surface area contributed by atoms with Gasteiger partial charge in [0, 0.05) is 15.2 Å². The Labute approximate surface area is 124 Å². The van der Waals surface area contributed by atoms with Gasteiger partial charge in [-0.25, -0.2) is 4.79 Å². The van der Waals surface area contributed by atoms with Gasteiger partial charge in [-0.1, -0.05) is 11.6 Å². The largest absolute Gasteiger partial charge is 0.478 e. The molecule has 0 heterocycles. The van der Waals surface area contributed by atoms with Crippen LogP contribution < -0.4 is 5.32 Å². The maximum atomic E-state index is 10.9. The normalized spacial score (nSPS) is 10.3. The van der Waals surface area contributed by atoms with Gasteiger partial charge in [0.25, 0.3) is 0 Å². The number of hydrogen-bond acceptors (Lipinski definition) is 2. The van der Waals surface area contributed by atoms with Gasteiger partial charge < -0.3 is 10.4 Å². The number of halogens is 2. The minimum atomic E-state index is -0.932. The summed E-state index contributed by atoms with van der Waals surface area (Å²) in [4.78, 5) is 10.9. The van der Waals surface area contributed by atoms with Crippen LogP contribution in [0.2, 0.25) is 5.02 Å². The molecular weight excluding hydrogens is 330 g/mol. The van der Waals surface area contributed by atoms with Crippen molar-refractivity contribution in [3.63, 3.8) is 0 Å². The number of carboxylic acid groups (broad SMARTS) is 1. The van der Waals surface area contributed by atoms with Crippen molar-refractivity contribution in [1.82, 2.24) is 0 Å². The summed E-state index contributed by atoms with van der Waals surface area (Å²) in [5, 5.41) is 12.8. The average molecular weight is 341 g/mol. The summed E-state index contributed by atoms with van der Waals surface area (Å²) in [6.07, 6.45) is 0. The van der Waals surface area contributed by atoms with Crippen LogP contribution in [0.15, 0.2) is 40.9 Å². The highest BCUT2D eigenvalue weighted by atomic mass is 79.9. The number of hydrogen-bond donors (Lipinski definition) is 2. The Hall–Kier alpha value is -1.52. The quantitative estimate of drug-likeness (QED) is 0.839. The van der Waals surface area contributed by atoms with Crippen molar-refractivity contribution in [3.05, 3.63) is 57.0 Å². The third-order valence-corrected chi connectivity index (χ3v) is 3.60. The molecule has 0 spiro atoms. The molecule has 2 aromatic carbocycles. The van der Waals surface area contributed by atoms with E-state index in [-0.39, 0.29) is 5.56 Å². The van der Waals surface area contributed by atoms with E-state index in [0.29, 0.717) is 5.02 Å². The number of rotatable bonds is 3. The SMILES string of the molecule is Cc1cc(C(=O)O)ccc1Nc1cc(Cl)ccc1Br. The highest BCUT2D eigenvalue weighted by molar-refractivity contribution is 9.10. The van der Waals surface area contributed by atoms with E-state index in [9.17, 15) is 4.79 Å². The molecule has 2 N–H and O–H groups in total. The number of nitrogens with one attached hydrogen (secondary N) is 1. The van der Waals surface area contributed by atoms with Crippen molar-refractivity contribution < 1.29 is 9.90 Å². The molecule has 0 amide bonds. The fourth-order valence-electron chi connectivity index (χ4n) is 1.68. The van der Waals surface area contributed by atoms with Crippen molar-refractivity contribution in [1.29, 1.82) is 0 Å². The van der Waals surface area contributed by atoms with Crippen LogP contribution in [0, 0.1) is 6.92 Å². The zero-order valence-corrected chi connectivity index (χ0v) is 12.4. The Kier molecular flexibility index (Phi) is 4.12. The summed E-state index contributed by atoms with van der Waals surface area (Å²) in [7, 11) is 0. The molecule has 98 valence electrons. The van der Waals surface area contributed by atoms with Crippen LogP contribution in [0.3, 0.4) is 0 Å². The van der Waals surface area contributed by atoms with Gasteiger partial charge in [-0.15, -0.1) is 0 Å². The molecule has 0 fully saturated rings. The van der Waals surface area contributed by atoms with Crippen molar-refractivity contribution in [2.75, 3.05) is 5.32 Å². The Morgan fingerprint density at radius 3 is 2.58 bits per heavy atom. The highest BCUT2D eigenvalue weighted by Crippen LogP contribution is 2.30. The maximum Gasteiger partial charge on any atom is 0.335 e. The first kappa shape index (κ1) is 13.9. The zero-order chi connectivity index (χ0) is 14.0. The third kappa shape index (κ3) is 3.28. The zero-order valence-electron chi connectivity index (χ0n) is 10.1. The summed E-state index contributed by atoms with van der Waals surface area (Å²) >= 11 is 9.39. The van der Waals surface area contributed by atoms with Gasteiger partial charge >= 0.3 is 5.97 Å². The molecule has 0 unspecified atom stereocenters. The Morgan fingerprint density at radius 1 is 1.21 bits per heavy atom. The summed E-state index contributed by atoms with van der Waals surface area (Å²) in [6.45, 7) is 1.85. The van der Waals surface area contributed by atoms with Crippen LogP contribution in [0.1, 0.15) is 15.9 Å². The van der Waals surface area contributed by atoms with Crippen molar-refractivity contribution in [2.24, 2.45) is 0 Å². The molecule has 0 aliphatic carbocycles. The Bertz CT molecular complexity index is 643. The van der Waals surface area contributed by atoms with E-state index >= 15 is 0 Å². The van der Waals surface area contributed by atoms with E-state index in [0.717, 1.165) is 21.4 Å². The molecule has 2 aromatic rings. The first-order valence-corrected chi connectivity index (χ1v) is 6.70. The molecule has 0 bridgehead atoms. The van der Waals surface area contributed by atoms with Crippen molar-refractivity contribution >= 4 is 44.9 Å². The van der Waals surface area contributed by atoms with Crippen LogP contribution >= 0.6 is 27.5 Å². The van der Waals surface area contributed by atoms with E-state index in [2.05, 4.69) is 21.2 Å². The smallest absolute Gasteiger partial charge is 0.335 e. The molecule has 0 aromatic heterocycles. The van der Waals surface area contributed by atoms with Gasteiger partial charge in [0.1, 0.15) is 0 Å². The predicted octanol–water partition coefficient (Wildman–Crippen LogP) is 4.85. The number of aryl methyl sites for hydroxylation is 1. The highest BCUT2D eigenvalue weighted by Gasteiger charge is 2.07. The van der Waals surface area contributed by atoms with E-state index < -0.39 is 5.97 Å². The summed E-state index contributed by atoms with van der Waals surface area (Å²) in [5.41, 5.74) is 2.80. The second-order valence-electron chi connectivity index (χ2n) is 4.08. The minimum Gasteiger partial charge on any atom is -0.478 e. The first-order chi connectivity index (χ1) is 8.97. The van der Waals surface area contributed by atoms with E-state index in [1.54, 1.807) is 30.3 Å². The van der Waals surface area contributed by atoms with Gasteiger partial charge in [-0.2, -0.15) is 0 Å². The molecule has 3 nitrogen and oxygen atoms in total. The molecule has 0 saturated carbocycles. The number of aromatic carboxylic acids is 1. The van der Waals surface area contributed by atoms with Crippen molar-refractivity contribution in [2.45, 2.75) is 6.92 Å². The van der Waals surface area contributed by atoms with Crippen LogP contribution in [-0.2, 0) is 0 Å². The van der Waals surface area contributed by atoms with Crippen LogP contribution in [0.5, 0.6) is 0 Å². The maximum absolute atomic E-state index is 10.9. The fourth-order valence-corrected chi connectivity index (χ4v) is 2.19. The van der Waals surface area contributed by atoms with E-state index in [1.807, 2.05) is 13.0 Å². The molecule has 2 rings (SSSR count). The Morgan fingerprint density at radius 2 is 1.95 bits per heavy atom. The molecule has 5 heteroatoms. The molecule has 0 atom stereocenters. The first-order valence-electron chi connectivity index (χ1n) is 5.53. The lowest BCUT2D eigenvalue weighted by Crippen LogP contribution is -1.99. The fraction of sp³-hybridized carbons (Fsp3) is 0.0714. The number of anilines is 2. The van der Waals surface area contributed by atoms with Crippen LogP contribution in [0.4, 0.5) is 11.4 Å². The lowest BCUT2D eigenvalue weighted by atomic mass is 10.1. The molecule has 0 aliphatic heterocycles. The van der Waals surface area contributed by atoms with Gasteiger partial charge in [-0.3, -0.25) is 0 Å². The lowest BCUT2D eigenvalue weighted by molar-refractivity contribution is 0.0697. The second-order valence-corrected chi connectivity index (χ2v) is 5.37. The van der Waals surface area contributed by atoms with E-state index in [1.165, 1.54) is 0 Å². The van der Waals surface area contributed by atoms with Gasteiger partial charge in [0.2, 0.25) is 0 Å². The monoisotopic (exact) mass is 339 g/mol. The van der Waals surface area contributed by atoms with Gasteiger partial charge in [0.05, 0.1) is 11.3 Å². The summed E-state index contributed by atoms with van der Waals surface area (Å²) < 4.78 is 0.888. The molecular formula is C14H11BrClNO2. The van der Waals surface area contributed by atoms with Crippen LogP contribution in [0.25, 0.3) is 0 Å². The van der Waals surface area contributed by atoms with E-state index in [4.69, 9.17) is 16.7 Å². The number of carbonyl (C=O) groups is 1. The van der Waals surface area contributed by atoms with Gasteiger partial charge in [0.15, 0.2) is 0 Å². The molecule has 0 radical (unpaired) electrons. The standard InChI is InChI=1S/C14H11BrClNO2/c1-8-6-9(14(18)19)2-5-12(8)17-13-7-10(16)3-4-11(13)15/h2-7,17H,1H3,(H,18,19). The number of benzene rings is 2. The predicted molar refractivity (Wildman–Crippen MR) is 80.6 cm³/mol.